The molecule has 2 aromatic carbocycles. The summed E-state index contributed by atoms with van der Waals surface area (Å²) in [6.45, 7) is 5.14. The highest BCUT2D eigenvalue weighted by Crippen LogP contribution is 2.34. The molecule has 2 heterocycles. The summed E-state index contributed by atoms with van der Waals surface area (Å²) < 4.78 is 7.74. The summed E-state index contributed by atoms with van der Waals surface area (Å²) in [6.07, 6.45) is 3.95. The van der Waals surface area contributed by atoms with Crippen LogP contribution in [-0.2, 0) is 13.1 Å². The number of hydrogen-bond acceptors (Lipinski definition) is 8. The molecule has 10 nitrogen and oxygen atoms in total. The second-order valence-electron chi connectivity index (χ2n) is 9.98. The molecule has 0 amide bonds. The zero-order chi connectivity index (χ0) is 28.5. The summed E-state index contributed by atoms with van der Waals surface area (Å²) in [4.78, 5) is 4.51. The van der Waals surface area contributed by atoms with E-state index < -0.39 is 0 Å². The van der Waals surface area contributed by atoms with Gasteiger partial charge in [-0.1, -0.05) is 12.1 Å². The average molecular weight is 542 g/mol. The SMILES string of the molecule is CNCCN(C)Cc1cn(-c2ccc(-c3[nH]ncc3CN(C)CCNC)c(OC)c2)nc1-c1cccc(C#N)c1. The molecular formula is C30H39N9O. The minimum absolute atomic E-state index is 0.611. The number of nitriles is 1. The number of methoxy groups -OCH3 is 1. The highest BCUT2D eigenvalue weighted by atomic mass is 16.5. The molecule has 4 rings (SSSR count). The second-order valence-corrected chi connectivity index (χ2v) is 9.98. The van der Waals surface area contributed by atoms with Crippen LogP contribution in [0.25, 0.3) is 28.2 Å². The summed E-state index contributed by atoms with van der Waals surface area (Å²) >= 11 is 0. The van der Waals surface area contributed by atoms with Crippen molar-refractivity contribution in [3.63, 3.8) is 0 Å². The Morgan fingerprint density at radius 1 is 1.00 bits per heavy atom. The van der Waals surface area contributed by atoms with E-state index in [9.17, 15) is 5.26 Å². The van der Waals surface area contributed by atoms with Gasteiger partial charge in [0.15, 0.2) is 0 Å². The van der Waals surface area contributed by atoms with Crippen molar-refractivity contribution in [1.29, 1.82) is 5.26 Å². The quantitative estimate of drug-likeness (QED) is 0.223. The first-order valence-corrected chi connectivity index (χ1v) is 13.4. The maximum Gasteiger partial charge on any atom is 0.130 e. The molecule has 0 bridgehead atoms. The Hall–Kier alpha value is -4.01. The van der Waals surface area contributed by atoms with E-state index in [-0.39, 0.29) is 0 Å². The fraction of sp³-hybridized carbons (Fsp3) is 0.367. The van der Waals surface area contributed by atoms with E-state index in [1.165, 1.54) is 0 Å². The first-order valence-electron chi connectivity index (χ1n) is 13.4. The largest absolute Gasteiger partial charge is 0.496 e. The third-order valence-corrected chi connectivity index (χ3v) is 6.86. The Morgan fingerprint density at radius 3 is 2.40 bits per heavy atom. The predicted octanol–water partition coefficient (Wildman–Crippen LogP) is 3.11. The number of nitrogens with zero attached hydrogens (tertiary/aromatic N) is 6. The molecule has 3 N–H and O–H groups in total. The van der Waals surface area contributed by atoms with Crippen LogP contribution >= 0.6 is 0 Å². The van der Waals surface area contributed by atoms with Crippen molar-refractivity contribution in [3.8, 4) is 40.0 Å². The molecular weight excluding hydrogens is 502 g/mol. The molecule has 2 aromatic heterocycles. The summed E-state index contributed by atoms with van der Waals surface area (Å²) in [7, 11) is 9.79. The van der Waals surface area contributed by atoms with Gasteiger partial charge in [-0.3, -0.25) is 5.10 Å². The van der Waals surface area contributed by atoms with Crippen LogP contribution in [0, 0.1) is 11.3 Å². The van der Waals surface area contributed by atoms with Crippen molar-refractivity contribution in [2.45, 2.75) is 13.1 Å². The van der Waals surface area contributed by atoms with Gasteiger partial charge in [0.25, 0.3) is 0 Å². The summed E-state index contributed by atoms with van der Waals surface area (Å²) in [5, 5.41) is 28.3. The van der Waals surface area contributed by atoms with E-state index in [1.807, 2.05) is 61.4 Å². The highest BCUT2D eigenvalue weighted by molar-refractivity contribution is 5.72. The molecule has 10 heteroatoms. The van der Waals surface area contributed by atoms with Crippen molar-refractivity contribution in [1.82, 2.24) is 40.4 Å². The summed E-state index contributed by atoms with van der Waals surface area (Å²) in [6, 6.07) is 15.9. The third-order valence-electron chi connectivity index (χ3n) is 6.86. The van der Waals surface area contributed by atoms with Crippen LogP contribution < -0.4 is 15.4 Å². The second kappa shape index (κ2) is 13.9. The van der Waals surface area contributed by atoms with Crippen LogP contribution in [0.2, 0.25) is 0 Å². The van der Waals surface area contributed by atoms with E-state index in [2.05, 4.69) is 63.1 Å². The van der Waals surface area contributed by atoms with Crippen LogP contribution in [-0.4, -0.2) is 91.3 Å². The Bertz CT molecular complexity index is 1440. The maximum absolute atomic E-state index is 9.45. The van der Waals surface area contributed by atoms with Crippen molar-refractivity contribution >= 4 is 0 Å². The maximum atomic E-state index is 9.45. The van der Waals surface area contributed by atoms with Gasteiger partial charge in [0.05, 0.1) is 42.0 Å². The number of likely N-dealkylation sites (N-methyl/N-ethyl adjacent to an activating group) is 4. The van der Waals surface area contributed by atoms with Gasteiger partial charge >= 0.3 is 0 Å². The lowest BCUT2D eigenvalue weighted by Crippen LogP contribution is -2.27. The average Bonchev–Trinajstić information content (AvgIpc) is 3.61. The standard InChI is InChI=1S/C30H39N9O/c1-32-11-13-37(3)19-24-18-34-35-30(24)27-10-9-26(16-28(27)40-5)39-21-25(20-38(4)14-12-33-2)29(36-39)23-8-6-7-22(15-23)17-31/h6-10,15-16,18,21,32-33H,11-14,19-20H2,1-5H3,(H,34,35). The number of nitrogens with one attached hydrogen (secondary N) is 3. The highest BCUT2D eigenvalue weighted by Gasteiger charge is 2.18. The van der Waals surface area contributed by atoms with Gasteiger partial charge in [-0.15, -0.1) is 0 Å². The number of ether oxygens (including phenoxy) is 1. The fourth-order valence-electron chi connectivity index (χ4n) is 4.67. The lowest BCUT2D eigenvalue weighted by Gasteiger charge is -2.17. The normalized spacial score (nSPS) is 11.3. The molecule has 0 unspecified atom stereocenters. The zero-order valence-corrected chi connectivity index (χ0v) is 24.0. The van der Waals surface area contributed by atoms with Crippen molar-refractivity contribution in [2.24, 2.45) is 0 Å². The minimum atomic E-state index is 0.611. The number of benzene rings is 2. The number of aromatic nitrogens is 4. The van der Waals surface area contributed by atoms with Gasteiger partial charge in [-0.05, 0) is 52.5 Å². The topological polar surface area (TPSA) is 110 Å². The number of aromatic amines is 1. The number of rotatable bonds is 14. The van der Waals surface area contributed by atoms with Gasteiger partial charge in [-0.2, -0.15) is 15.5 Å². The molecule has 210 valence electrons. The van der Waals surface area contributed by atoms with Crippen LogP contribution in [0.15, 0.2) is 54.9 Å². The van der Waals surface area contributed by atoms with Crippen molar-refractivity contribution in [2.75, 3.05) is 61.5 Å². The Kier molecular flexibility index (Phi) is 10.0. The lowest BCUT2D eigenvalue weighted by molar-refractivity contribution is 0.328. The number of hydrogen-bond donors (Lipinski definition) is 3. The Morgan fingerprint density at radius 2 is 1.73 bits per heavy atom. The molecule has 4 aromatic rings. The molecule has 0 aliphatic heterocycles. The van der Waals surface area contributed by atoms with E-state index in [0.29, 0.717) is 5.56 Å². The van der Waals surface area contributed by atoms with Crippen LogP contribution in [0.4, 0.5) is 0 Å². The molecule has 0 aliphatic carbocycles. The first-order chi connectivity index (χ1) is 19.5. The zero-order valence-electron chi connectivity index (χ0n) is 24.0. The van der Waals surface area contributed by atoms with Crippen molar-refractivity contribution in [3.05, 3.63) is 71.5 Å². The minimum Gasteiger partial charge on any atom is -0.496 e. The summed E-state index contributed by atoms with van der Waals surface area (Å²) in [5.74, 6) is 0.733. The van der Waals surface area contributed by atoms with Crippen LogP contribution in [0.3, 0.4) is 0 Å². The van der Waals surface area contributed by atoms with Gasteiger partial charge in [0.1, 0.15) is 5.75 Å². The molecule has 0 spiro atoms. The number of H-pyrrole nitrogens is 1. The van der Waals surface area contributed by atoms with E-state index in [0.717, 1.165) is 84.3 Å². The molecule has 0 saturated carbocycles. The monoisotopic (exact) mass is 541 g/mol. The molecule has 0 atom stereocenters. The first kappa shape index (κ1) is 29.0. The molecule has 0 fully saturated rings. The molecule has 0 aliphatic rings. The molecule has 0 radical (unpaired) electrons. The molecule has 40 heavy (non-hydrogen) atoms. The van der Waals surface area contributed by atoms with E-state index in [4.69, 9.17) is 9.84 Å². The lowest BCUT2D eigenvalue weighted by atomic mass is 10.1. The van der Waals surface area contributed by atoms with Crippen molar-refractivity contribution < 1.29 is 4.74 Å². The fourth-order valence-corrected chi connectivity index (χ4v) is 4.67. The van der Waals surface area contributed by atoms with Gasteiger partial charge in [0.2, 0.25) is 0 Å². The predicted molar refractivity (Wildman–Crippen MR) is 158 cm³/mol. The smallest absolute Gasteiger partial charge is 0.130 e. The van der Waals surface area contributed by atoms with Gasteiger partial charge < -0.3 is 25.2 Å². The summed E-state index contributed by atoms with van der Waals surface area (Å²) in [5.41, 5.74) is 7.35. The van der Waals surface area contributed by atoms with E-state index in [1.54, 1.807) is 7.11 Å². The molecule has 0 saturated heterocycles. The van der Waals surface area contributed by atoms with Gasteiger partial charge in [0, 0.05) is 73.8 Å². The van der Waals surface area contributed by atoms with Crippen LogP contribution in [0.5, 0.6) is 5.75 Å². The Labute approximate surface area is 236 Å². The third kappa shape index (κ3) is 6.94. The Balaban J connectivity index is 1.69. The van der Waals surface area contributed by atoms with E-state index >= 15 is 0 Å². The van der Waals surface area contributed by atoms with Gasteiger partial charge in [-0.25, -0.2) is 4.68 Å². The van der Waals surface area contributed by atoms with Crippen LogP contribution in [0.1, 0.15) is 16.7 Å².